The van der Waals surface area contributed by atoms with E-state index in [0.717, 1.165) is 12.1 Å². The zero-order chi connectivity index (χ0) is 42.6. The van der Waals surface area contributed by atoms with E-state index in [1.165, 1.54) is 30.3 Å². The summed E-state index contributed by atoms with van der Waals surface area (Å²) in [6, 6.07) is 24.9. The molecule has 5 aromatic carbocycles. The number of nitrogens with zero attached hydrogens (tertiary/aromatic N) is 7. The number of fused-ring (bicyclic) bond motifs is 1. The molecule has 0 aliphatic heterocycles. The van der Waals surface area contributed by atoms with Crippen molar-refractivity contribution in [2.45, 2.75) is 27.5 Å². The lowest BCUT2D eigenvalue weighted by Crippen LogP contribution is -2.18. The third kappa shape index (κ3) is 11.8. The molecule has 5 N–H and O–H groups in total. The molecule has 0 bridgehead atoms. The highest BCUT2D eigenvalue weighted by Crippen LogP contribution is 2.31. The van der Waals surface area contributed by atoms with Crippen molar-refractivity contribution in [1.29, 1.82) is 0 Å². The molecule has 0 atom stereocenters. The summed E-state index contributed by atoms with van der Waals surface area (Å²) in [5.74, 6) is -0.531. The van der Waals surface area contributed by atoms with Crippen LogP contribution in [0.25, 0.3) is 10.8 Å². The second kappa shape index (κ2) is 17.1. The summed E-state index contributed by atoms with van der Waals surface area (Å²) in [6.45, 7) is -0.278. The Morgan fingerprint density at radius 2 is 1.08 bits per heavy atom. The van der Waals surface area contributed by atoms with Gasteiger partial charge in [0.15, 0.2) is 0 Å². The van der Waals surface area contributed by atoms with Gasteiger partial charge in [0.2, 0.25) is 5.95 Å². The SMILES string of the molecule is O=S(=O)(O)CCNc1nc(Cc2ccc(N=Nc3ccc4c(S(=O)(=O)O)cc(S(=O)(=O)O)cc4c3)cc2)nc(Cc2ccc(N=Nc3ccccc3)cc2S(=O)(=O)O)n1. The first-order valence-electron chi connectivity index (χ1n) is 16.7. The van der Waals surface area contributed by atoms with E-state index in [1.807, 2.05) is 0 Å². The van der Waals surface area contributed by atoms with Gasteiger partial charge in [0.05, 0.1) is 38.3 Å². The molecule has 6 aromatic rings. The third-order valence-corrected chi connectivity index (χ3v) is 11.5. The summed E-state index contributed by atoms with van der Waals surface area (Å²) in [5.41, 5.74) is 1.93. The molecule has 6 rings (SSSR count). The number of benzene rings is 5. The van der Waals surface area contributed by atoms with Gasteiger partial charge in [-0.3, -0.25) is 18.2 Å². The van der Waals surface area contributed by atoms with Crippen molar-refractivity contribution in [1.82, 2.24) is 15.0 Å². The molecule has 0 aliphatic rings. The maximum Gasteiger partial charge on any atom is 0.295 e. The third-order valence-electron chi connectivity index (χ3n) is 8.11. The van der Waals surface area contributed by atoms with Gasteiger partial charge in [-0.25, -0.2) is 4.98 Å². The molecule has 0 fully saturated rings. The first-order chi connectivity index (χ1) is 27.7. The second-order valence-corrected chi connectivity index (χ2v) is 18.3. The fourth-order valence-electron chi connectivity index (χ4n) is 5.47. The van der Waals surface area contributed by atoms with Gasteiger partial charge in [-0.2, -0.15) is 64.1 Å². The Labute approximate surface area is 336 Å². The van der Waals surface area contributed by atoms with Crippen LogP contribution >= 0.6 is 0 Å². The van der Waals surface area contributed by atoms with Crippen LogP contribution in [-0.4, -0.2) is 79.1 Å². The topological polar surface area (TPSA) is 318 Å². The van der Waals surface area contributed by atoms with Gasteiger partial charge in [0.25, 0.3) is 40.5 Å². The van der Waals surface area contributed by atoms with Crippen molar-refractivity contribution in [2.24, 2.45) is 20.5 Å². The summed E-state index contributed by atoms with van der Waals surface area (Å²) in [5, 5.41) is 19.1. The Hall–Kier alpha value is -5.99. The zero-order valence-corrected chi connectivity index (χ0v) is 33.2. The van der Waals surface area contributed by atoms with Gasteiger partial charge in [0, 0.05) is 24.8 Å². The average Bonchev–Trinajstić information content (AvgIpc) is 3.15. The average molecular weight is 883 g/mol. The van der Waals surface area contributed by atoms with Crippen LogP contribution in [0.4, 0.5) is 28.7 Å². The van der Waals surface area contributed by atoms with Crippen LogP contribution in [0.1, 0.15) is 22.8 Å². The van der Waals surface area contributed by atoms with E-state index in [2.05, 4.69) is 40.7 Å². The van der Waals surface area contributed by atoms with Crippen LogP contribution in [0, 0.1) is 0 Å². The van der Waals surface area contributed by atoms with Crippen LogP contribution in [0.5, 0.6) is 0 Å². The van der Waals surface area contributed by atoms with Gasteiger partial charge in [-0.1, -0.05) is 42.5 Å². The maximum absolute atomic E-state index is 12.4. The Kier molecular flexibility index (Phi) is 12.3. The van der Waals surface area contributed by atoms with Gasteiger partial charge < -0.3 is 5.32 Å². The summed E-state index contributed by atoms with van der Waals surface area (Å²) >= 11 is 0. The van der Waals surface area contributed by atoms with Crippen LogP contribution in [0.15, 0.2) is 138 Å². The van der Waals surface area contributed by atoms with Gasteiger partial charge >= 0.3 is 0 Å². The van der Waals surface area contributed by atoms with Crippen LogP contribution < -0.4 is 5.32 Å². The molecular formula is C35H30N8O12S4. The number of hydrogen-bond acceptors (Lipinski definition) is 16. The molecule has 0 saturated heterocycles. The molecule has 0 aliphatic carbocycles. The van der Waals surface area contributed by atoms with E-state index in [0.29, 0.717) is 23.0 Å². The van der Waals surface area contributed by atoms with Crippen molar-refractivity contribution < 1.29 is 51.9 Å². The minimum Gasteiger partial charge on any atom is -0.353 e. The lowest BCUT2D eigenvalue weighted by atomic mass is 10.1. The van der Waals surface area contributed by atoms with E-state index in [4.69, 9.17) is 0 Å². The van der Waals surface area contributed by atoms with E-state index in [9.17, 15) is 51.9 Å². The molecule has 306 valence electrons. The standard InChI is InChI=1S/C35H30N8O12S4/c44-56(45,46)15-14-36-35-38-33(37-34(39-35)19-23-8-11-28(20-31(23)58(50,51)52)43-40-25-4-2-1-3-5-25)16-22-6-9-26(10-7-22)41-42-27-12-13-30-24(17-27)18-29(57(47,48)49)21-32(30)59(53,54)55/h1-13,17-18,20-21H,14-16,19H2,(H,44,45,46)(H,47,48,49)(H,50,51,52)(H,53,54,55)(H,36,37,38,39). The van der Waals surface area contributed by atoms with Gasteiger partial charge in [0.1, 0.15) is 16.5 Å². The molecule has 24 heteroatoms. The highest BCUT2D eigenvalue weighted by molar-refractivity contribution is 7.87. The van der Waals surface area contributed by atoms with Crippen molar-refractivity contribution in [3.05, 3.63) is 126 Å². The highest BCUT2D eigenvalue weighted by atomic mass is 32.2. The van der Waals surface area contributed by atoms with Crippen molar-refractivity contribution >= 4 is 79.9 Å². The normalized spacial score (nSPS) is 12.7. The fourth-order valence-corrected chi connectivity index (χ4v) is 7.93. The van der Waals surface area contributed by atoms with Gasteiger partial charge in [-0.15, -0.1) is 0 Å². The number of aromatic nitrogens is 3. The molecule has 1 aromatic heterocycles. The molecule has 0 radical (unpaired) electrons. The van der Waals surface area contributed by atoms with Crippen LogP contribution in [0.3, 0.4) is 0 Å². The van der Waals surface area contributed by atoms with Gasteiger partial charge in [-0.05, 0) is 77.2 Å². The predicted molar refractivity (Wildman–Crippen MR) is 211 cm³/mol. The van der Waals surface area contributed by atoms with E-state index in [1.54, 1.807) is 54.6 Å². The summed E-state index contributed by atoms with van der Waals surface area (Å²) in [4.78, 5) is 11.1. The monoisotopic (exact) mass is 882 g/mol. The van der Waals surface area contributed by atoms with Crippen molar-refractivity contribution in [2.75, 3.05) is 17.6 Å². The smallest absolute Gasteiger partial charge is 0.295 e. The molecule has 1 heterocycles. The lowest BCUT2D eigenvalue weighted by Gasteiger charge is -2.11. The Morgan fingerprint density at radius 1 is 0.525 bits per heavy atom. The summed E-state index contributed by atoms with van der Waals surface area (Å²) < 4.78 is 133. The highest BCUT2D eigenvalue weighted by Gasteiger charge is 2.21. The molecule has 0 unspecified atom stereocenters. The number of anilines is 1. The van der Waals surface area contributed by atoms with E-state index >= 15 is 0 Å². The molecular weight excluding hydrogens is 853 g/mol. The predicted octanol–water partition coefficient (Wildman–Crippen LogP) is 6.08. The first kappa shape index (κ1) is 42.6. The number of hydrogen-bond donors (Lipinski definition) is 5. The minimum atomic E-state index is -4.87. The quantitative estimate of drug-likeness (QED) is 0.0576. The van der Waals surface area contributed by atoms with E-state index < -0.39 is 60.9 Å². The molecule has 0 saturated carbocycles. The number of azo groups is 2. The molecule has 0 spiro atoms. The molecule has 0 amide bonds. The largest absolute Gasteiger partial charge is 0.353 e. The second-order valence-electron chi connectivity index (χ2n) is 12.5. The number of nitrogens with one attached hydrogen (secondary N) is 1. The van der Waals surface area contributed by atoms with Crippen molar-refractivity contribution in [3.8, 4) is 0 Å². The maximum atomic E-state index is 12.4. The Bertz CT molecular complexity index is 3080. The molecule has 59 heavy (non-hydrogen) atoms. The number of rotatable bonds is 15. The minimum absolute atomic E-state index is 0.0274. The van der Waals surface area contributed by atoms with Crippen LogP contribution in [-0.2, 0) is 53.3 Å². The lowest BCUT2D eigenvalue weighted by molar-refractivity contribution is 0.478. The summed E-state index contributed by atoms with van der Waals surface area (Å²) in [6.07, 6.45) is -0.142. The van der Waals surface area contributed by atoms with Crippen molar-refractivity contribution in [3.63, 3.8) is 0 Å². The Morgan fingerprint density at radius 3 is 1.69 bits per heavy atom. The van der Waals surface area contributed by atoms with E-state index in [-0.39, 0.29) is 64.7 Å². The van der Waals surface area contributed by atoms with Crippen LogP contribution in [0.2, 0.25) is 0 Å². The zero-order valence-electron chi connectivity index (χ0n) is 30.0. The summed E-state index contributed by atoms with van der Waals surface area (Å²) in [7, 11) is -18.8. The molecule has 20 nitrogen and oxygen atoms in total. The Balaban J connectivity index is 1.25. The first-order valence-corrected chi connectivity index (χ1v) is 22.7. The fraction of sp³-hybridized carbons (Fsp3) is 0.114.